The van der Waals surface area contributed by atoms with Crippen molar-refractivity contribution in [1.82, 2.24) is 15.2 Å². The predicted molar refractivity (Wildman–Crippen MR) is 92.8 cm³/mol. The maximum absolute atomic E-state index is 11.9. The van der Waals surface area contributed by atoms with E-state index in [0.29, 0.717) is 11.8 Å². The van der Waals surface area contributed by atoms with Gasteiger partial charge in [-0.15, -0.1) is 11.8 Å². The molecule has 2 rings (SSSR count). The summed E-state index contributed by atoms with van der Waals surface area (Å²) in [4.78, 5) is 18.4. The van der Waals surface area contributed by atoms with Gasteiger partial charge in [0.2, 0.25) is 5.91 Å². The normalized spacial score (nSPS) is 18.1. The van der Waals surface area contributed by atoms with Crippen molar-refractivity contribution in [3.05, 3.63) is 30.1 Å². The molecule has 1 aliphatic heterocycles. The molecule has 1 aromatic rings. The first-order valence-corrected chi connectivity index (χ1v) is 9.28. The maximum Gasteiger partial charge on any atom is 0.230 e. The Labute approximate surface area is 138 Å². The Balaban J connectivity index is 1.59. The number of thioether (sulfide) groups is 1. The third-order valence-electron chi connectivity index (χ3n) is 4.29. The Hall–Kier alpha value is -1.07. The molecule has 1 amide bonds. The number of amides is 1. The molecule has 1 saturated heterocycles. The summed E-state index contributed by atoms with van der Waals surface area (Å²) in [6.45, 7) is 7.61. The first kappa shape index (κ1) is 17.3. The Morgan fingerprint density at radius 3 is 2.77 bits per heavy atom. The van der Waals surface area contributed by atoms with Crippen molar-refractivity contribution in [3.63, 3.8) is 0 Å². The van der Waals surface area contributed by atoms with Crippen LogP contribution in [0.1, 0.15) is 32.3 Å². The van der Waals surface area contributed by atoms with Crippen LogP contribution < -0.4 is 5.32 Å². The van der Waals surface area contributed by atoms with Crippen LogP contribution in [0.3, 0.4) is 0 Å². The van der Waals surface area contributed by atoms with Crippen molar-refractivity contribution in [1.29, 1.82) is 0 Å². The molecule has 122 valence electrons. The molecule has 5 heteroatoms. The topological polar surface area (TPSA) is 45.2 Å². The van der Waals surface area contributed by atoms with Gasteiger partial charge in [-0.3, -0.25) is 14.7 Å². The summed E-state index contributed by atoms with van der Waals surface area (Å²) >= 11 is 1.65. The quantitative estimate of drug-likeness (QED) is 0.838. The minimum Gasteiger partial charge on any atom is -0.354 e. The standard InChI is InChI=1S/C17H27N3OS/c1-14-5-9-20(10-6-14)15(2)11-19-17(21)13-22-12-16-3-7-18-8-4-16/h3-4,7-8,14-15H,5-6,9-13H2,1-2H3,(H,19,21)/t15-/m0/s1. The van der Waals surface area contributed by atoms with Gasteiger partial charge >= 0.3 is 0 Å². The summed E-state index contributed by atoms with van der Waals surface area (Å²) in [5, 5.41) is 3.06. The molecule has 0 saturated carbocycles. The van der Waals surface area contributed by atoms with Crippen molar-refractivity contribution in [2.24, 2.45) is 5.92 Å². The molecular weight excluding hydrogens is 294 g/mol. The van der Waals surface area contributed by atoms with Crippen molar-refractivity contribution < 1.29 is 4.79 Å². The molecular formula is C17H27N3OS. The molecule has 0 bridgehead atoms. The van der Waals surface area contributed by atoms with Gasteiger partial charge in [-0.1, -0.05) is 6.92 Å². The molecule has 1 fully saturated rings. The zero-order valence-corrected chi connectivity index (χ0v) is 14.4. The summed E-state index contributed by atoms with van der Waals surface area (Å²) in [5.74, 6) is 2.36. The van der Waals surface area contributed by atoms with Gasteiger partial charge in [0.15, 0.2) is 0 Å². The Morgan fingerprint density at radius 2 is 2.09 bits per heavy atom. The summed E-state index contributed by atoms with van der Waals surface area (Å²) in [7, 11) is 0. The van der Waals surface area contributed by atoms with Crippen molar-refractivity contribution in [2.75, 3.05) is 25.4 Å². The van der Waals surface area contributed by atoms with Crippen molar-refractivity contribution in [2.45, 2.75) is 38.5 Å². The number of hydrogen-bond acceptors (Lipinski definition) is 4. The van der Waals surface area contributed by atoms with E-state index >= 15 is 0 Å². The molecule has 22 heavy (non-hydrogen) atoms. The molecule has 0 aliphatic carbocycles. The van der Waals surface area contributed by atoms with Crippen molar-refractivity contribution in [3.8, 4) is 0 Å². The first-order chi connectivity index (χ1) is 10.6. The van der Waals surface area contributed by atoms with E-state index in [9.17, 15) is 4.79 Å². The molecule has 0 aromatic carbocycles. The average Bonchev–Trinajstić information content (AvgIpc) is 2.54. The highest BCUT2D eigenvalue weighted by atomic mass is 32.2. The lowest BCUT2D eigenvalue weighted by Crippen LogP contribution is -2.45. The minimum atomic E-state index is 0.135. The molecule has 0 spiro atoms. The number of carbonyl (C=O) groups excluding carboxylic acids is 1. The lowest BCUT2D eigenvalue weighted by atomic mass is 9.98. The minimum absolute atomic E-state index is 0.135. The van der Waals surface area contributed by atoms with E-state index in [1.165, 1.54) is 18.4 Å². The number of likely N-dealkylation sites (tertiary alicyclic amines) is 1. The molecule has 1 atom stereocenters. The van der Waals surface area contributed by atoms with E-state index < -0.39 is 0 Å². The number of aromatic nitrogens is 1. The van der Waals surface area contributed by atoms with Crippen LogP contribution in [0.25, 0.3) is 0 Å². The van der Waals surface area contributed by atoms with Crippen LogP contribution in [0.5, 0.6) is 0 Å². The lowest BCUT2D eigenvalue weighted by molar-refractivity contribution is -0.118. The van der Waals surface area contributed by atoms with Crippen LogP contribution in [0.2, 0.25) is 0 Å². The van der Waals surface area contributed by atoms with Gasteiger partial charge in [-0.2, -0.15) is 0 Å². The molecule has 1 aliphatic rings. The second-order valence-electron chi connectivity index (χ2n) is 6.22. The number of rotatable bonds is 7. The van der Waals surface area contributed by atoms with E-state index in [0.717, 1.165) is 31.3 Å². The summed E-state index contributed by atoms with van der Waals surface area (Å²) in [6, 6.07) is 4.41. The van der Waals surface area contributed by atoms with Gasteiger partial charge in [-0.25, -0.2) is 0 Å². The Bertz CT molecular complexity index is 446. The zero-order chi connectivity index (χ0) is 15.8. The number of hydrogen-bond donors (Lipinski definition) is 1. The van der Waals surface area contributed by atoms with Gasteiger partial charge in [0.1, 0.15) is 0 Å². The fourth-order valence-electron chi connectivity index (χ4n) is 2.65. The molecule has 4 nitrogen and oxygen atoms in total. The fourth-order valence-corrected chi connectivity index (χ4v) is 3.47. The third-order valence-corrected chi connectivity index (χ3v) is 5.29. The van der Waals surface area contributed by atoms with E-state index in [4.69, 9.17) is 0 Å². The van der Waals surface area contributed by atoms with Crippen LogP contribution in [-0.2, 0) is 10.5 Å². The van der Waals surface area contributed by atoms with E-state index in [-0.39, 0.29) is 5.91 Å². The van der Waals surface area contributed by atoms with Crippen LogP contribution in [-0.4, -0.2) is 47.2 Å². The highest BCUT2D eigenvalue weighted by Crippen LogP contribution is 2.17. The molecule has 1 aromatic heterocycles. The number of piperidine rings is 1. The van der Waals surface area contributed by atoms with Crippen LogP contribution >= 0.6 is 11.8 Å². The predicted octanol–water partition coefficient (Wildman–Crippen LogP) is 2.55. The Kier molecular flexibility index (Phi) is 7.19. The molecule has 2 heterocycles. The number of pyridine rings is 1. The number of nitrogens with one attached hydrogen (secondary N) is 1. The van der Waals surface area contributed by atoms with Crippen LogP contribution in [0, 0.1) is 5.92 Å². The average molecular weight is 321 g/mol. The maximum atomic E-state index is 11.9. The van der Waals surface area contributed by atoms with Crippen LogP contribution in [0.4, 0.5) is 0 Å². The SMILES string of the molecule is CC1CCN([C@@H](C)CNC(=O)CSCc2ccncc2)CC1. The fraction of sp³-hybridized carbons (Fsp3) is 0.647. The second kappa shape index (κ2) is 9.16. The lowest BCUT2D eigenvalue weighted by Gasteiger charge is -2.35. The summed E-state index contributed by atoms with van der Waals surface area (Å²) in [5.41, 5.74) is 1.21. The summed E-state index contributed by atoms with van der Waals surface area (Å²) < 4.78 is 0. The van der Waals surface area contributed by atoms with Gasteiger partial charge in [0.25, 0.3) is 0 Å². The zero-order valence-electron chi connectivity index (χ0n) is 13.6. The van der Waals surface area contributed by atoms with Gasteiger partial charge < -0.3 is 5.32 Å². The Morgan fingerprint density at radius 1 is 1.41 bits per heavy atom. The van der Waals surface area contributed by atoms with Gasteiger partial charge in [0.05, 0.1) is 5.75 Å². The smallest absolute Gasteiger partial charge is 0.230 e. The van der Waals surface area contributed by atoms with Gasteiger partial charge in [-0.05, 0) is 56.5 Å². The van der Waals surface area contributed by atoms with Crippen LogP contribution in [0.15, 0.2) is 24.5 Å². The number of carbonyl (C=O) groups is 1. The highest BCUT2D eigenvalue weighted by Gasteiger charge is 2.20. The largest absolute Gasteiger partial charge is 0.354 e. The summed E-state index contributed by atoms with van der Waals surface area (Å²) in [6.07, 6.45) is 6.13. The molecule has 0 radical (unpaired) electrons. The second-order valence-corrected chi connectivity index (χ2v) is 7.21. The number of nitrogens with zero attached hydrogens (tertiary/aromatic N) is 2. The molecule has 1 N–H and O–H groups in total. The van der Waals surface area contributed by atoms with E-state index in [2.05, 4.69) is 29.0 Å². The highest BCUT2D eigenvalue weighted by molar-refractivity contribution is 7.99. The molecule has 0 unspecified atom stereocenters. The van der Waals surface area contributed by atoms with E-state index in [1.54, 1.807) is 24.2 Å². The first-order valence-electron chi connectivity index (χ1n) is 8.12. The van der Waals surface area contributed by atoms with E-state index in [1.807, 2.05) is 12.1 Å². The third kappa shape index (κ3) is 5.97. The monoisotopic (exact) mass is 321 g/mol. The van der Waals surface area contributed by atoms with Gasteiger partial charge in [0, 0.05) is 30.7 Å². The van der Waals surface area contributed by atoms with Crippen molar-refractivity contribution >= 4 is 17.7 Å².